The van der Waals surface area contributed by atoms with Gasteiger partial charge < -0.3 is 4.42 Å². The number of carbonyl (C=O) groups excluding carboxylic acids is 1. The molecule has 1 aromatic carbocycles. The van der Waals surface area contributed by atoms with Crippen LogP contribution in [0.25, 0.3) is 11.0 Å². The molecule has 3 aromatic rings. The molecule has 0 fully saturated rings. The van der Waals surface area contributed by atoms with E-state index in [0.717, 1.165) is 23.0 Å². The Kier molecular flexibility index (Phi) is 4.93. The van der Waals surface area contributed by atoms with Crippen LogP contribution in [0.1, 0.15) is 22.5 Å². The van der Waals surface area contributed by atoms with E-state index in [0.29, 0.717) is 16.5 Å². The predicted molar refractivity (Wildman–Crippen MR) is 103 cm³/mol. The minimum absolute atomic E-state index is 0.321. The maximum Gasteiger partial charge on any atom is 0.336 e. The lowest BCUT2D eigenvalue weighted by molar-refractivity contribution is -0.114. The standard InChI is InChI=1S/C19H20N2O5S/c1-12-4-7-17-16(8-12)15(9-19(23)26-17)10-27(24,25)11-18(22)20-21-13(2)5-6-14(21)3/h4-9H,10-11H2,1-3H3,(H,20,22). The number of nitrogens with zero attached hydrogens (tertiary/aromatic N) is 1. The van der Waals surface area contributed by atoms with Gasteiger partial charge in [0.1, 0.15) is 11.3 Å². The minimum atomic E-state index is -3.79. The number of nitrogens with one attached hydrogen (secondary N) is 1. The fourth-order valence-corrected chi connectivity index (χ4v) is 4.23. The van der Waals surface area contributed by atoms with Gasteiger partial charge in [-0.1, -0.05) is 11.6 Å². The third-order valence-electron chi connectivity index (χ3n) is 4.22. The number of amides is 1. The molecule has 0 aliphatic rings. The molecule has 0 bridgehead atoms. The minimum Gasteiger partial charge on any atom is -0.423 e. The molecule has 1 amide bonds. The summed E-state index contributed by atoms with van der Waals surface area (Å²) < 4.78 is 31.7. The average molecular weight is 388 g/mol. The lowest BCUT2D eigenvalue weighted by atomic mass is 10.1. The highest BCUT2D eigenvalue weighted by atomic mass is 32.2. The zero-order valence-corrected chi connectivity index (χ0v) is 16.1. The average Bonchev–Trinajstić information content (AvgIpc) is 2.86. The Bertz CT molecular complexity index is 1170. The smallest absolute Gasteiger partial charge is 0.336 e. The summed E-state index contributed by atoms with van der Waals surface area (Å²) in [6, 6.07) is 9.97. The largest absolute Gasteiger partial charge is 0.423 e. The summed E-state index contributed by atoms with van der Waals surface area (Å²) in [6.07, 6.45) is 0. The highest BCUT2D eigenvalue weighted by molar-refractivity contribution is 7.91. The summed E-state index contributed by atoms with van der Waals surface area (Å²) in [5.41, 5.74) is 5.09. The van der Waals surface area contributed by atoms with Gasteiger partial charge in [-0.05, 0) is 50.6 Å². The van der Waals surface area contributed by atoms with Gasteiger partial charge >= 0.3 is 5.63 Å². The first-order chi connectivity index (χ1) is 12.6. The summed E-state index contributed by atoms with van der Waals surface area (Å²) in [7, 11) is -3.79. The van der Waals surface area contributed by atoms with Gasteiger partial charge in [0.2, 0.25) is 0 Å². The van der Waals surface area contributed by atoms with Crippen molar-refractivity contribution in [3.63, 3.8) is 0 Å². The van der Waals surface area contributed by atoms with E-state index >= 15 is 0 Å². The van der Waals surface area contributed by atoms with E-state index in [1.54, 1.807) is 32.0 Å². The second-order valence-electron chi connectivity index (χ2n) is 6.61. The van der Waals surface area contributed by atoms with Crippen molar-refractivity contribution in [3.8, 4) is 0 Å². The van der Waals surface area contributed by atoms with Gasteiger partial charge in [0.15, 0.2) is 9.84 Å². The Hall–Kier alpha value is -2.87. The van der Waals surface area contributed by atoms with Crippen LogP contribution in [0.4, 0.5) is 0 Å². The quantitative estimate of drug-likeness (QED) is 0.676. The summed E-state index contributed by atoms with van der Waals surface area (Å²) in [6.45, 7) is 5.47. The molecule has 27 heavy (non-hydrogen) atoms. The van der Waals surface area contributed by atoms with Gasteiger partial charge in [0.05, 0.1) is 5.75 Å². The number of rotatable bonds is 5. The van der Waals surface area contributed by atoms with Crippen LogP contribution in [0.3, 0.4) is 0 Å². The van der Waals surface area contributed by atoms with E-state index in [1.165, 1.54) is 4.68 Å². The van der Waals surface area contributed by atoms with E-state index in [1.807, 2.05) is 19.1 Å². The zero-order valence-electron chi connectivity index (χ0n) is 15.3. The van der Waals surface area contributed by atoms with E-state index in [4.69, 9.17) is 4.42 Å². The van der Waals surface area contributed by atoms with E-state index in [2.05, 4.69) is 5.43 Å². The number of fused-ring (bicyclic) bond motifs is 1. The van der Waals surface area contributed by atoms with Crippen LogP contribution in [0.15, 0.2) is 45.6 Å². The van der Waals surface area contributed by atoms with E-state index in [-0.39, 0.29) is 0 Å². The Labute approximate surface area is 156 Å². The molecule has 0 atom stereocenters. The second kappa shape index (κ2) is 7.03. The van der Waals surface area contributed by atoms with Crippen LogP contribution >= 0.6 is 0 Å². The number of hydrogen-bond donors (Lipinski definition) is 1. The van der Waals surface area contributed by atoms with Gasteiger partial charge in [-0.25, -0.2) is 13.2 Å². The molecule has 7 nitrogen and oxygen atoms in total. The number of benzene rings is 1. The van der Waals surface area contributed by atoms with Crippen LogP contribution in [-0.2, 0) is 20.4 Å². The molecule has 3 rings (SSSR count). The number of hydrogen-bond acceptors (Lipinski definition) is 5. The SMILES string of the molecule is Cc1ccc2oc(=O)cc(CS(=O)(=O)CC(=O)Nn3c(C)ccc3C)c2c1. The van der Waals surface area contributed by atoms with Crippen molar-refractivity contribution in [2.75, 3.05) is 11.2 Å². The molecule has 0 radical (unpaired) electrons. The second-order valence-corrected chi connectivity index (χ2v) is 8.67. The Balaban J connectivity index is 1.84. The normalized spacial score (nSPS) is 11.7. The van der Waals surface area contributed by atoms with Crippen molar-refractivity contribution in [1.82, 2.24) is 4.68 Å². The Morgan fingerprint density at radius 3 is 2.41 bits per heavy atom. The highest BCUT2D eigenvalue weighted by Gasteiger charge is 2.20. The van der Waals surface area contributed by atoms with Crippen molar-refractivity contribution >= 4 is 26.7 Å². The van der Waals surface area contributed by atoms with Crippen LogP contribution in [-0.4, -0.2) is 24.8 Å². The number of aryl methyl sites for hydroxylation is 3. The van der Waals surface area contributed by atoms with Crippen molar-refractivity contribution in [2.45, 2.75) is 26.5 Å². The lowest BCUT2D eigenvalue weighted by Gasteiger charge is -2.12. The van der Waals surface area contributed by atoms with E-state index in [9.17, 15) is 18.0 Å². The molecular formula is C19H20N2O5S. The van der Waals surface area contributed by atoms with Crippen LogP contribution < -0.4 is 11.1 Å². The lowest BCUT2D eigenvalue weighted by Crippen LogP contribution is -2.31. The molecule has 2 aromatic heterocycles. The molecule has 1 N–H and O–H groups in total. The first-order valence-electron chi connectivity index (χ1n) is 8.33. The summed E-state index contributed by atoms with van der Waals surface area (Å²) in [4.78, 5) is 24.0. The molecule has 142 valence electrons. The van der Waals surface area contributed by atoms with Crippen LogP contribution in [0.2, 0.25) is 0 Å². The summed E-state index contributed by atoms with van der Waals surface area (Å²) >= 11 is 0. The Morgan fingerprint density at radius 1 is 1.07 bits per heavy atom. The number of carbonyl (C=O) groups is 1. The molecule has 0 spiro atoms. The van der Waals surface area contributed by atoms with Gasteiger partial charge in [0, 0.05) is 22.8 Å². The first-order valence-corrected chi connectivity index (χ1v) is 10.2. The predicted octanol–water partition coefficient (Wildman–Crippen LogP) is 2.20. The molecule has 0 saturated carbocycles. The fourth-order valence-electron chi connectivity index (χ4n) is 2.95. The summed E-state index contributed by atoms with van der Waals surface area (Å²) in [5.74, 6) is -1.74. The molecule has 8 heteroatoms. The third kappa shape index (κ3) is 4.28. The summed E-state index contributed by atoms with van der Waals surface area (Å²) in [5, 5.41) is 0.552. The van der Waals surface area contributed by atoms with Crippen molar-refractivity contribution in [3.05, 3.63) is 69.3 Å². The molecular weight excluding hydrogens is 368 g/mol. The fraction of sp³-hybridized carbons (Fsp3) is 0.263. The molecule has 0 aliphatic heterocycles. The van der Waals surface area contributed by atoms with Crippen molar-refractivity contribution in [2.24, 2.45) is 0 Å². The van der Waals surface area contributed by atoms with Crippen molar-refractivity contribution < 1.29 is 17.6 Å². The van der Waals surface area contributed by atoms with Gasteiger partial charge in [-0.3, -0.25) is 14.9 Å². The zero-order chi connectivity index (χ0) is 19.8. The third-order valence-corrected chi connectivity index (χ3v) is 5.67. The van der Waals surface area contributed by atoms with Gasteiger partial charge in [-0.15, -0.1) is 0 Å². The number of sulfone groups is 1. The van der Waals surface area contributed by atoms with Crippen LogP contribution in [0.5, 0.6) is 0 Å². The molecule has 0 unspecified atom stereocenters. The van der Waals surface area contributed by atoms with Gasteiger partial charge in [-0.2, -0.15) is 0 Å². The van der Waals surface area contributed by atoms with Crippen molar-refractivity contribution in [1.29, 1.82) is 0 Å². The monoisotopic (exact) mass is 388 g/mol. The van der Waals surface area contributed by atoms with Gasteiger partial charge in [0.25, 0.3) is 5.91 Å². The molecule has 2 heterocycles. The Morgan fingerprint density at radius 2 is 1.74 bits per heavy atom. The van der Waals surface area contributed by atoms with E-state index < -0.39 is 32.9 Å². The maximum atomic E-state index is 12.5. The molecule has 0 saturated heterocycles. The maximum absolute atomic E-state index is 12.5. The van der Waals surface area contributed by atoms with Crippen LogP contribution in [0, 0.1) is 20.8 Å². The number of aromatic nitrogens is 1. The molecule has 0 aliphatic carbocycles. The first kappa shape index (κ1) is 18.9. The highest BCUT2D eigenvalue weighted by Crippen LogP contribution is 2.20. The topological polar surface area (TPSA) is 98.4 Å².